The predicted octanol–water partition coefficient (Wildman–Crippen LogP) is 2.97. The second-order valence-electron chi connectivity index (χ2n) is 4.08. The SMILES string of the molecule is CCOC(=O)c1nc(C(OC)C(C)C)sc1C. The van der Waals surface area contributed by atoms with Crippen molar-refractivity contribution in [3.05, 3.63) is 15.6 Å². The summed E-state index contributed by atoms with van der Waals surface area (Å²) in [6.07, 6.45) is -0.0677. The molecule has 1 aromatic rings. The van der Waals surface area contributed by atoms with E-state index < -0.39 is 0 Å². The molecule has 5 heteroatoms. The highest BCUT2D eigenvalue weighted by atomic mass is 32.1. The summed E-state index contributed by atoms with van der Waals surface area (Å²) < 4.78 is 10.4. The number of aryl methyl sites for hydroxylation is 1. The van der Waals surface area contributed by atoms with Gasteiger partial charge in [0.15, 0.2) is 5.69 Å². The second kappa shape index (κ2) is 6.12. The Morgan fingerprint density at radius 3 is 2.59 bits per heavy atom. The van der Waals surface area contributed by atoms with Gasteiger partial charge in [-0.3, -0.25) is 0 Å². The Balaban J connectivity index is 2.98. The molecule has 1 unspecified atom stereocenters. The number of carbonyl (C=O) groups excluding carboxylic acids is 1. The fraction of sp³-hybridized carbons (Fsp3) is 0.667. The summed E-state index contributed by atoms with van der Waals surface area (Å²) in [5.74, 6) is -0.0355. The molecule has 0 radical (unpaired) electrons. The lowest BCUT2D eigenvalue weighted by molar-refractivity contribution is 0.0512. The number of aromatic nitrogens is 1. The van der Waals surface area contributed by atoms with Crippen LogP contribution in [0.25, 0.3) is 0 Å². The van der Waals surface area contributed by atoms with E-state index in [1.165, 1.54) is 11.3 Å². The van der Waals surface area contributed by atoms with Crippen LogP contribution in [-0.2, 0) is 9.47 Å². The molecule has 0 fully saturated rings. The van der Waals surface area contributed by atoms with Crippen LogP contribution in [-0.4, -0.2) is 24.7 Å². The highest BCUT2D eigenvalue weighted by molar-refractivity contribution is 7.11. The van der Waals surface area contributed by atoms with Crippen LogP contribution in [0.4, 0.5) is 0 Å². The van der Waals surface area contributed by atoms with E-state index in [9.17, 15) is 4.79 Å². The maximum Gasteiger partial charge on any atom is 0.358 e. The van der Waals surface area contributed by atoms with E-state index in [2.05, 4.69) is 18.8 Å². The fourth-order valence-electron chi connectivity index (χ4n) is 1.59. The lowest BCUT2D eigenvalue weighted by Crippen LogP contribution is -2.10. The van der Waals surface area contributed by atoms with Gasteiger partial charge in [-0.15, -0.1) is 11.3 Å². The maximum atomic E-state index is 11.6. The van der Waals surface area contributed by atoms with E-state index in [0.29, 0.717) is 18.2 Å². The Bertz CT molecular complexity index is 387. The highest BCUT2D eigenvalue weighted by Gasteiger charge is 2.23. The van der Waals surface area contributed by atoms with Gasteiger partial charge in [0.25, 0.3) is 0 Å². The van der Waals surface area contributed by atoms with Crippen molar-refractivity contribution in [2.75, 3.05) is 13.7 Å². The topological polar surface area (TPSA) is 48.4 Å². The molecule has 0 saturated heterocycles. The Labute approximate surface area is 106 Å². The third kappa shape index (κ3) is 3.26. The minimum absolute atomic E-state index is 0.0677. The van der Waals surface area contributed by atoms with Gasteiger partial charge in [-0.05, 0) is 19.8 Å². The number of hydrogen-bond acceptors (Lipinski definition) is 5. The van der Waals surface area contributed by atoms with Gasteiger partial charge in [0.1, 0.15) is 11.1 Å². The fourth-order valence-corrected chi connectivity index (χ4v) is 2.75. The number of rotatable bonds is 5. The average Bonchev–Trinajstić information content (AvgIpc) is 2.61. The zero-order valence-corrected chi connectivity index (χ0v) is 11.8. The average molecular weight is 257 g/mol. The van der Waals surface area contributed by atoms with E-state index in [4.69, 9.17) is 9.47 Å². The Morgan fingerprint density at radius 2 is 2.12 bits per heavy atom. The first-order chi connectivity index (χ1) is 8.01. The first kappa shape index (κ1) is 14.1. The number of hydrogen-bond donors (Lipinski definition) is 0. The standard InChI is InChI=1S/C12H19NO3S/c1-6-16-12(14)9-8(4)17-11(13-9)10(15-5)7(2)3/h7,10H,6H2,1-5H3. The van der Waals surface area contributed by atoms with Crippen LogP contribution in [0.3, 0.4) is 0 Å². The van der Waals surface area contributed by atoms with Crippen molar-refractivity contribution in [3.8, 4) is 0 Å². The second-order valence-corrected chi connectivity index (χ2v) is 5.31. The molecule has 96 valence electrons. The number of thiazole rings is 1. The molecular formula is C12H19NO3S. The molecule has 0 spiro atoms. The summed E-state index contributed by atoms with van der Waals surface area (Å²) >= 11 is 1.49. The van der Waals surface area contributed by atoms with Crippen LogP contribution in [0, 0.1) is 12.8 Å². The summed E-state index contributed by atoms with van der Waals surface area (Å²) in [6, 6.07) is 0. The summed E-state index contributed by atoms with van der Waals surface area (Å²) in [4.78, 5) is 16.9. The van der Waals surface area contributed by atoms with Crippen molar-refractivity contribution in [2.45, 2.75) is 33.8 Å². The molecule has 0 aliphatic carbocycles. The Hall–Kier alpha value is -0.940. The molecule has 0 aliphatic rings. The zero-order valence-electron chi connectivity index (χ0n) is 10.9. The molecule has 4 nitrogen and oxygen atoms in total. The van der Waals surface area contributed by atoms with Crippen LogP contribution < -0.4 is 0 Å². The van der Waals surface area contributed by atoms with Crippen LogP contribution in [0.15, 0.2) is 0 Å². The van der Waals surface area contributed by atoms with Gasteiger partial charge >= 0.3 is 5.97 Å². The third-order valence-electron chi connectivity index (χ3n) is 2.38. The van der Waals surface area contributed by atoms with Crippen molar-refractivity contribution in [1.82, 2.24) is 4.98 Å². The Morgan fingerprint density at radius 1 is 1.47 bits per heavy atom. The molecule has 1 heterocycles. The molecule has 0 aromatic carbocycles. The summed E-state index contributed by atoms with van der Waals surface area (Å²) in [5, 5.41) is 0.836. The molecule has 1 atom stereocenters. The van der Waals surface area contributed by atoms with Crippen molar-refractivity contribution >= 4 is 17.3 Å². The lowest BCUT2D eigenvalue weighted by atomic mass is 10.1. The van der Waals surface area contributed by atoms with Gasteiger partial charge < -0.3 is 9.47 Å². The Kier molecular flexibility index (Phi) is 5.08. The van der Waals surface area contributed by atoms with Gasteiger partial charge in [-0.1, -0.05) is 13.8 Å². The number of carbonyl (C=O) groups is 1. The minimum Gasteiger partial charge on any atom is -0.461 e. The van der Waals surface area contributed by atoms with Crippen molar-refractivity contribution < 1.29 is 14.3 Å². The van der Waals surface area contributed by atoms with Crippen molar-refractivity contribution in [1.29, 1.82) is 0 Å². The van der Waals surface area contributed by atoms with Crippen LogP contribution in [0.2, 0.25) is 0 Å². The van der Waals surface area contributed by atoms with E-state index in [1.807, 2.05) is 6.92 Å². The van der Waals surface area contributed by atoms with Gasteiger partial charge in [0, 0.05) is 12.0 Å². The lowest BCUT2D eigenvalue weighted by Gasteiger charge is -2.15. The molecule has 0 bridgehead atoms. The number of esters is 1. The first-order valence-electron chi connectivity index (χ1n) is 5.68. The van der Waals surface area contributed by atoms with Gasteiger partial charge in [0.2, 0.25) is 0 Å². The first-order valence-corrected chi connectivity index (χ1v) is 6.50. The summed E-state index contributed by atoms with van der Waals surface area (Å²) in [5.41, 5.74) is 0.412. The van der Waals surface area contributed by atoms with E-state index in [0.717, 1.165) is 9.88 Å². The molecule has 0 N–H and O–H groups in total. The largest absolute Gasteiger partial charge is 0.461 e. The number of ether oxygens (including phenoxy) is 2. The van der Waals surface area contributed by atoms with Gasteiger partial charge in [0.05, 0.1) is 6.61 Å². The molecule has 1 rings (SSSR count). The quantitative estimate of drug-likeness (QED) is 0.761. The van der Waals surface area contributed by atoms with E-state index in [1.54, 1.807) is 14.0 Å². The zero-order chi connectivity index (χ0) is 13.0. The van der Waals surface area contributed by atoms with Crippen molar-refractivity contribution in [2.24, 2.45) is 5.92 Å². The van der Waals surface area contributed by atoms with Crippen LogP contribution in [0.1, 0.15) is 47.2 Å². The predicted molar refractivity (Wildman–Crippen MR) is 67.4 cm³/mol. The van der Waals surface area contributed by atoms with Crippen LogP contribution in [0.5, 0.6) is 0 Å². The summed E-state index contributed by atoms with van der Waals surface area (Å²) in [6.45, 7) is 8.15. The normalized spacial score (nSPS) is 12.8. The van der Waals surface area contributed by atoms with Crippen LogP contribution >= 0.6 is 11.3 Å². The molecule has 1 aromatic heterocycles. The minimum atomic E-state index is -0.355. The number of nitrogens with zero attached hydrogens (tertiary/aromatic N) is 1. The van der Waals surface area contributed by atoms with Gasteiger partial charge in [-0.2, -0.15) is 0 Å². The highest BCUT2D eigenvalue weighted by Crippen LogP contribution is 2.30. The van der Waals surface area contributed by atoms with Crippen molar-refractivity contribution in [3.63, 3.8) is 0 Å². The molecule has 0 saturated carbocycles. The van der Waals surface area contributed by atoms with Gasteiger partial charge in [-0.25, -0.2) is 9.78 Å². The summed E-state index contributed by atoms with van der Waals surface area (Å²) in [7, 11) is 1.66. The van der Waals surface area contributed by atoms with E-state index >= 15 is 0 Å². The molecular weight excluding hydrogens is 238 g/mol. The maximum absolute atomic E-state index is 11.6. The number of methoxy groups -OCH3 is 1. The monoisotopic (exact) mass is 257 g/mol. The third-order valence-corrected chi connectivity index (χ3v) is 3.42. The molecule has 0 aliphatic heterocycles. The molecule has 0 amide bonds. The van der Waals surface area contributed by atoms with E-state index in [-0.39, 0.29) is 12.1 Å². The molecule has 17 heavy (non-hydrogen) atoms. The smallest absolute Gasteiger partial charge is 0.358 e.